The largest absolute Gasteiger partial charge is 0.356 e. The van der Waals surface area contributed by atoms with Crippen LogP contribution in [0, 0.1) is 18.8 Å². The Morgan fingerprint density at radius 1 is 1.04 bits per heavy atom. The quantitative estimate of drug-likeness (QED) is 0.867. The van der Waals surface area contributed by atoms with E-state index in [1.54, 1.807) is 6.33 Å². The summed E-state index contributed by atoms with van der Waals surface area (Å²) < 4.78 is 0. The van der Waals surface area contributed by atoms with Crippen LogP contribution in [0.4, 0.5) is 5.82 Å². The Labute approximate surface area is 142 Å². The second-order valence-electron chi connectivity index (χ2n) is 6.76. The molecule has 120 valence electrons. The lowest BCUT2D eigenvalue weighted by molar-refractivity contribution is 0.309. The van der Waals surface area contributed by atoms with E-state index in [0.29, 0.717) is 0 Å². The summed E-state index contributed by atoms with van der Waals surface area (Å²) in [5.74, 6) is 2.58. The highest BCUT2D eigenvalue weighted by Crippen LogP contribution is 2.33. The van der Waals surface area contributed by atoms with Crippen molar-refractivity contribution in [1.29, 1.82) is 0 Å². The van der Waals surface area contributed by atoms with E-state index in [9.17, 15) is 0 Å². The molecule has 2 atom stereocenters. The van der Waals surface area contributed by atoms with Crippen molar-refractivity contribution in [2.24, 2.45) is 11.8 Å². The lowest BCUT2D eigenvalue weighted by Gasteiger charge is -2.22. The highest BCUT2D eigenvalue weighted by Gasteiger charge is 2.40. The molecule has 0 bridgehead atoms. The Hall–Kier alpha value is -1.65. The molecule has 23 heavy (non-hydrogen) atoms. The predicted octanol–water partition coefficient (Wildman–Crippen LogP) is 3.01. The van der Waals surface area contributed by atoms with Crippen LogP contribution < -0.4 is 4.90 Å². The van der Waals surface area contributed by atoms with E-state index >= 15 is 0 Å². The van der Waals surface area contributed by atoms with E-state index in [1.807, 2.05) is 19.1 Å². The van der Waals surface area contributed by atoms with Gasteiger partial charge in [0.1, 0.15) is 12.1 Å². The first-order chi connectivity index (χ1) is 11.2. The van der Waals surface area contributed by atoms with Gasteiger partial charge in [-0.05, 0) is 36.5 Å². The van der Waals surface area contributed by atoms with Crippen molar-refractivity contribution in [2.45, 2.75) is 13.5 Å². The van der Waals surface area contributed by atoms with Crippen molar-refractivity contribution in [3.63, 3.8) is 0 Å². The van der Waals surface area contributed by atoms with Gasteiger partial charge in [0.05, 0.1) is 0 Å². The molecule has 5 heteroatoms. The molecule has 3 heterocycles. The Bertz CT molecular complexity index is 674. The normalized spacial score (nSPS) is 24.2. The molecule has 0 saturated carbocycles. The van der Waals surface area contributed by atoms with Gasteiger partial charge in [0, 0.05) is 49.5 Å². The molecule has 4 nitrogen and oxygen atoms in total. The standard InChI is InChI=1S/C18H21ClN4/c1-13-6-18(21-12-20-13)23-10-15-8-22(9-16(15)11-23)7-14-2-4-17(19)5-3-14/h2-6,12,15-16H,7-11H2,1H3. The number of halogens is 1. The van der Waals surface area contributed by atoms with Gasteiger partial charge in [-0.2, -0.15) is 0 Å². The number of fused-ring (bicyclic) bond motifs is 1. The number of rotatable bonds is 3. The first kappa shape index (κ1) is 14.9. The highest BCUT2D eigenvalue weighted by molar-refractivity contribution is 6.30. The minimum absolute atomic E-state index is 0.748. The van der Waals surface area contributed by atoms with Crippen LogP contribution in [0.1, 0.15) is 11.3 Å². The second-order valence-corrected chi connectivity index (χ2v) is 7.20. The number of hydrogen-bond donors (Lipinski definition) is 0. The van der Waals surface area contributed by atoms with Crippen LogP contribution in [0.3, 0.4) is 0 Å². The van der Waals surface area contributed by atoms with Crippen molar-refractivity contribution in [1.82, 2.24) is 14.9 Å². The average Bonchev–Trinajstić information content (AvgIpc) is 3.08. The molecule has 0 N–H and O–H groups in total. The summed E-state index contributed by atoms with van der Waals surface area (Å²) in [6, 6.07) is 10.3. The van der Waals surface area contributed by atoms with E-state index < -0.39 is 0 Å². The summed E-state index contributed by atoms with van der Waals surface area (Å²) in [4.78, 5) is 13.6. The van der Waals surface area contributed by atoms with E-state index in [4.69, 9.17) is 11.6 Å². The number of aromatic nitrogens is 2. The molecule has 0 amide bonds. The molecule has 2 aliphatic heterocycles. The number of nitrogens with zero attached hydrogens (tertiary/aromatic N) is 4. The van der Waals surface area contributed by atoms with E-state index in [2.05, 4.69) is 38.0 Å². The van der Waals surface area contributed by atoms with Crippen LogP contribution in [0.25, 0.3) is 0 Å². The zero-order chi connectivity index (χ0) is 15.8. The summed E-state index contributed by atoms with van der Waals surface area (Å²) in [5.41, 5.74) is 2.38. The SMILES string of the molecule is Cc1cc(N2CC3CN(Cc4ccc(Cl)cc4)CC3C2)ncn1. The second kappa shape index (κ2) is 6.10. The van der Waals surface area contributed by atoms with Crippen LogP contribution in [0.5, 0.6) is 0 Å². The third-order valence-electron chi connectivity index (χ3n) is 4.99. The predicted molar refractivity (Wildman–Crippen MR) is 92.7 cm³/mol. The van der Waals surface area contributed by atoms with Gasteiger partial charge in [-0.25, -0.2) is 9.97 Å². The molecule has 2 saturated heterocycles. The highest BCUT2D eigenvalue weighted by atomic mass is 35.5. The van der Waals surface area contributed by atoms with E-state index in [1.165, 1.54) is 18.7 Å². The topological polar surface area (TPSA) is 32.3 Å². The Kier molecular flexibility index (Phi) is 3.95. The van der Waals surface area contributed by atoms with Crippen LogP contribution in [0.15, 0.2) is 36.7 Å². The molecule has 2 aliphatic rings. The first-order valence-corrected chi connectivity index (χ1v) is 8.55. The summed E-state index contributed by atoms with van der Waals surface area (Å²) in [6.07, 6.45) is 1.67. The van der Waals surface area contributed by atoms with Crippen LogP contribution in [0.2, 0.25) is 5.02 Å². The van der Waals surface area contributed by atoms with Crippen molar-refractivity contribution in [3.05, 3.63) is 52.9 Å². The maximum Gasteiger partial charge on any atom is 0.132 e. The van der Waals surface area contributed by atoms with Gasteiger partial charge in [0.15, 0.2) is 0 Å². The van der Waals surface area contributed by atoms with Crippen LogP contribution in [-0.4, -0.2) is 41.0 Å². The molecule has 2 unspecified atom stereocenters. The molecular weight excluding hydrogens is 308 g/mol. The first-order valence-electron chi connectivity index (χ1n) is 8.18. The molecule has 4 rings (SSSR count). The third kappa shape index (κ3) is 3.19. The lowest BCUT2D eigenvalue weighted by Crippen LogP contribution is -2.29. The Morgan fingerprint density at radius 3 is 2.39 bits per heavy atom. The number of hydrogen-bond acceptors (Lipinski definition) is 4. The van der Waals surface area contributed by atoms with Gasteiger partial charge >= 0.3 is 0 Å². The van der Waals surface area contributed by atoms with Gasteiger partial charge in [-0.3, -0.25) is 4.90 Å². The smallest absolute Gasteiger partial charge is 0.132 e. The third-order valence-corrected chi connectivity index (χ3v) is 5.25. The molecule has 2 fully saturated rings. The number of aryl methyl sites for hydroxylation is 1. The van der Waals surface area contributed by atoms with E-state index in [0.717, 1.165) is 48.0 Å². The van der Waals surface area contributed by atoms with Crippen molar-refractivity contribution >= 4 is 17.4 Å². The summed E-state index contributed by atoms with van der Waals surface area (Å²) in [5, 5.41) is 0.808. The number of anilines is 1. The van der Waals surface area contributed by atoms with Gasteiger partial charge in [-0.1, -0.05) is 23.7 Å². The van der Waals surface area contributed by atoms with Gasteiger partial charge < -0.3 is 4.90 Å². The van der Waals surface area contributed by atoms with E-state index in [-0.39, 0.29) is 0 Å². The average molecular weight is 329 g/mol. The monoisotopic (exact) mass is 328 g/mol. The maximum atomic E-state index is 5.96. The number of benzene rings is 1. The maximum absolute atomic E-state index is 5.96. The Balaban J connectivity index is 1.37. The minimum Gasteiger partial charge on any atom is -0.356 e. The zero-order valence-electron chi connectivity index (χ0n) is 13.3. The lowest BCUT2D eigenvalue weighted by atomic mass is 10.0. The molecule has 0 aliphatic carbocycles. The van der Waals surface area contributed by atoms with Crippen molar-refractivity contribution in [3.8, 4) is 0 Å². The minimum atomic E-state index is 0.748. The molecule has 0 spiro atoms. The fourth-order valence-corrected chi connectivity index (χ4v) is 3.99. The molecule has 1 aromatic carbocycles. The number of likely N-dealkylation sites (tertiary alicyclic amines) is 1. The molecule has 1 aromatic heterocycles. The van der Waals surface area contributed by atoms with Crippen LogP contribution in [-0.2, 0) is 6.54 Å². The summed E-state index contributed by atoms with van der Waals surface area (Å²) in [7, 11) is 0. The van der Waals surface area contributed by atoms with Crippen LogP contribution >= 0.6 is 11.6 Å². The summed E-state index contributed by atoms with van der Waals surface area (Å²) in [6.45, 7) is 7.62. The summed E-state index contributed by atoms with van der Waals surface area (Å²) >= 11 is 5.96. The van der Waals surface area contributed by atoms with Crippen molar-refractivity contribution < 1.29 is 0 Å². The van der Waals surface area contributed by atoms with Crippen molar-refractivity contribution in [2.75, 3.05) is 31.1 Å². The zero-order valence-corrected chi connectivity index (χ0v) is 14.1. The van der Waals surface area contributed by atoms with Gasteiger partial charge in [0.25, 0.3) is 0 Å². The molecular formula is C18H21ClN4. The van der Waals surface area contributed by atoms with Gasteiger partial charge in [0.2, 0.25) is 0 Å². The Morgan fingerprint density at radius 2 is 1.74 bits per heavy atom. The molecule has 2 aromatic rings. The molecule has 0 radical (unpaired) electrons. The fraction of sp³-hybridized carbons (Fsp3) is 0.444. The van der Waals surface area contributed by atoms with Gasteiger partial charge in [-0.15, -0.1) is 0 Å². The fourth-order valence-electron chi connectivity index (χ4n) is 3.87.